The number of carbonyl (C=O) groups is 2. The van der Waals surface area contributed by atoms with Gasteiger partial charge in [0.25, 0.3) is 0 Å². The second-order valence-electron chi connectivity index (χ2n) is 6.62. The van der Waals surface area contributed by atoms with E-state index in [2.05, 4.69) is 15.3 Å². The third-order valence-corrected chi connectivity index (χ3v) is 4.41. The lowest BCUT2D eigenvalue weighted by molar-refractivity contribution is -0.137. The smallest absolute Gasteiger partial charge is 0.366 e. The van der Waals surface area contributed by atoms with Crippen LogP contribution in [0.3, 0.4) is 0 Å². The zero-order chi connectivity index (χ0) is 22.6. The van der Waals surface area contributed by atoms with Crippen LogP contribution in [0.25, 0.3) is 17.2 Å². The molecule has 0 aliphatic rings. The minimum absolute atomic E-state index is 0.0133. The van der Waals surface area contributed by atoms with Gasteiger partial charge >= 0.3 is 6.18 Å². The molecule has 3 N–H and O–H groups in total. The SMILES string of the molecule is Cc1ccc(C(N)=O)c(-c2cccc(C(F)(F)F)c2)c1NC(=O)C=Cc1cncnc1. The summed E-state index contributed by atoms with van der Waals surface area (Å²) in [7, 11) is 0. The van der Waals surface area contributed by atoms with Crippen molar-refractivity contribution in [2.45, 2.75) is 13.1 Å². The average molecular weight is 426 g/mol. The Kier molecular flexibility index (Phi) is 6.15. The largest absolute Gasteiger partial charge is 0.416 e. The summed E-state index contributed by atoms with van der Waals surface area (Å²) in [4.78, 5) is 32.2. The molecule has 2 aromatic carbocycles. The first kappa shape index (κ1) is 21.7. The van der Waals surface area contributed by atoms with Gasteiger partial charge in [-0.05, 0) is 42.3 Å². The molecule has 158 valence electrons. The fourth-order valence-electron chi connectivity index (χ4n) is 2.96. The number of nitrogens with zero attached hydrogens (tertiary/aromatic N) is 2. The number of alkyl halides is 3. The first-order chi connectivity index (χ1) is 14.7. The van der Waals surface area contributed by atoms with E-state index in [1.54, 1.807) is 13.0 Å². The monoisotopic (exact) mass is 426 g/mol. The van der Waals surface area contributed by atoms with Gasteiger partial charge in [-0.15, -0.1) is 0 Å². The molecule has 1 heterocycles. The van der Waals surface area contributed by atoms with Crippen LogP contribution >= 0.6 is 0 Å². The van der Waals surface area contributed by atoms with Crippen LogP contribution < -0.4 is 11.1 Å². The number of halogens is 3. The molecule has 31 heavy (non-hydrogen) atoms. The van der Waals surface area contributed by atoms with Gasteiger partial charge in [0.15, 0.2) is 0 Å². The van der Waals surface area contributed by atoms with Crippen LogP contribution in [0.5, 0.6) is 0 Å². The summed E-state index contributed by atoms with van der Waals surface area (Å²) in [5, 5.41) is 2.65. The molecular weight excluding hydrogens is 409 g/mol. The van der Waals surface area contributed by atoms with Crippen molar-refractivity contribution in [3.63, 3.8) is 0 Å². The highest BCUT2D eigenvalue weighted by Gasteiger charge is 2.31. The topological polar surface area (TPSA) is 98.0 Å². The number of amides is 2. The third-order valence-electron chi connectivity index (χ3n) is 4.41. The van der Waals surface area contributed by atoms with Gasteiger partial charge in [0, 0.05) is 35.2 Å². The van der Waals surface area contributed by atoms with Crippen molar-refractivity contribution in [2.75, 3.05) is 5.32 Å². The summed E-state index contributed by atoms with van der Waals surface area (Å²) >= 11 is 0. The van der Waals surface area contributed by atoms with Crippen LogP contribution in [0.15, 0.2) is 61.2 Å². The van der Waals surface area contributed by atoms with Crippen LogP contribution in [0.4, 0.5) is 18.9 Å². The predicted octanol–water partition coefficient (Wildman–Crippen LogP) is 4.22. The maximum Gasteiger partial charge on any atom is 0.416 e. The average Bonchev–Trinajstić information content (AvgIpc) is 2.73. The van der Waals surface area contributed by atoms with E-state index in [0.717, 1.165) is 12.1 Å². The maximum atomic E-state index is 13.2. The first-order valence-corrected chi connectivity index (χ1v) is 9.02. The van der Waals surface area contributed by atoms with Gasteiger partial charge in [0.05, 0.1) is 11.3 Å². The fraction of sp³-hybridized carbons (Fsp3) is 0.0909. The molecule has 0 saturated heterocycles. The van der Waals surface area contributed by atoms with Gasteiger partial charge in [-0.2, -0.15) is 13.2 Å². The van der Waals surface area contributed by atoms with Crippen molar-refractivity contribution >= 4 is 23.6 Å². The summed E-state index contributed by atoms with van der Waals surface area (Å²) < 4.78 is 39.6. The number of rotatable bonds is 5. The number of anilines is 1. The van der Waals surface area contributed by atoms with E-state index in [1.165, 1.54) is 49.1 Å². The molecule has 2 amide bonds. The second kappa shape index (κ2) is 8.78. The Morgan fingerprint density at radius 1 is 1.10 bits per heavy atom. The number of aromatic nitrogens is 2. The van der Waals surface area contributed by atoms with Gasteiger partial charge in [-0.25, -0.2) is 9.97 Å². The molecule has 0 radical (unpaired) electrons. The van der Waals surface area contributed by atoms with E-state index in [0.29, 0.717) is 11.1 Å². The quantitative estimate of drug-likeness (QED) is 0.597. The fourth-order valence-corrected chi connectivity index (χ4v) is 2.96. The van der Waals surface area contributed by atoms with E-state index in [1.807, 2.05) is 0 Å². The van der Waals surface area contributed by atoms with E-state index >= 15 is 0 Å². The number of aryl methyl sites for hydroxylation is 1. The number of primary amides is 1. The normalized spacial score (nSPS) is 11.5. The number of hydrogen-bond donors (Lipinski definition) is 2. The van der Waals surface area contributed by atoms with E-state index in [9.17, 15) is 22.8 Å². The number of hydrogen-bond acceptors (Lipinski definition) is 4. The van der Waals surface area contributed by atoms with Gasteiger partial charge in [-0.3, -0.25) is 9.59 Å². The summed E-state index contributed by atoms with van der Waals surface area (Å²) in [5.41, 5.74) is 6.09. The van der Waals surface area contributed by atoms with Crippen LogP contribution in [0.1, 0.15) is 27.0 Å². The van der Waals surface area contributed by atoms with Crippen LogP contribution in [-0.2, 0) is 11.0 Å². The maximum absolute atomic E-state index is 13.2. The van der Waals surface area contributed by atoms with Crippen molar-refractivity contribution < 1.29 is 22.8 Å². The highest BCUT2D eigenvalue weighted by molar-refractivity contribution is 6.09. The molecule has 0 atom stereocenters. The minimum atomic E-state index is -4.57. The number of carbonyl (C=O) groups excluding carboxylic acids is 2. The molecule has 0 unspecified atom stereocenters. The van der Waals surface area contributed by atoms with Gasteiger partial charge in [0.2, 0.25) is 11.8 Å². The molecule has 0 fully saturated rings. The Morgan fingerprint density at radius 3 is 2.45 bits per heavy atom. The molecule has 0 bridgehead atoms. The predicted molar refractivity (Wildman–Crippen MR) is 110 cm³/mol. The second-order valence-corrected chi connectivity index (χ2v) is 6.62. The molecular formula is C22H17F3N4O2. The van der Waals surface area contributed by atoms with Gasteiger partial charge in [-0.1, -0.05) is 18.2 Å². The van der Waals surface area contributed by atoms with E-state index in [-0.39, 0.29) is 22.4 Å². The molecule has 3 aromatic rings. The molecule has 0 saturated carbocycles. The van der Waals surface area contributed by atoms with Crippen LogP contribution in [-0.4, -0.2) is 21.8 Å². The first-order valence-electron chi connectivity index (χ1n) is 9.02. The Hall–Kier alpha value is -4.01. The van der Waals surface area contributed by atoms with Crippen molar-refractivity contribution in [3.8, 4) is 11.1 Å². The summed E-state index contributed by atoms with van der Waals surface area (Å²) in [5.74, 6) is -1.39. The molecule has 0 spiro atoms. The highest BCUT2D eigenvalue weighted by Crippen LogP contribution is 2.38. The number of benzene rings is 2. The van der Waals surface area contributed by atoms with E-state index < -0.39 is 23.6 Å². The lowest BCUT2D eigenvalue weighted by Gasteiger charge is -2.18. The molecule has 0 aliphatic carbocycles. The third kappa shape index (κ3) is 5.13. The lowest BCUT2D eigenvalue weighted by atomic mass is 9.93. The highest BCUT2D eigenvalue weighted by atomic mass is 19.4. The van der Waals surface area contributed by atoms with Crippen molar-refractivity contribution in [1.82, 2.24) is 9.97 Å². The Labute approximate surface area is 175 Å². The standard InChI is InChI=1S/C22H17F3N4O2/c1-13-5-7-17(21(26)31)19(15-3-2-4-16(9-15)22(23,24)25)20(13)29-18(30)8-6-14-10-27-12-28-11-14/h2-12H,1H3,(H2,26,31)(H,29,30). The summed E-state index contributed by atoms with van der Waals surface area (Å²) in [6.45, 7) is 1.66. The van der Waals surface area contributed by atoms with Crippen molar-refractivity contribution in [1.29, 1.82) is 0 Å². The minimum Gasteiger partial charge on any atom is -0.366 e. The number of nitrogens with one attached hydrogen (secondary N) is 1. The molecule has 3 rings (SSSR count). The van der Waals surface area contributed by atoms with Crippen LogP contribution in [0.2, 0.25) is 0 Å². The molecule has 0 aliphatic heterocycles. The molecule has 9 heteroatoms. The van der Waals surface area contributed by atoms with Gasteiger partial charge in [0.1, 0.15) is 6.33 Å². The zero-order valence-electron chi connectivity index (χ0n) is 16.3. The number of nitrogens with two attached hydrogens (primary N) is 1. The zero-order valence-corrected chi connectivity index (χ0v) is 16.3. The molecule has 6 nitrogen and oxygen atoms in total. The Morgan fingerprint density at radius 2 is 1.81 bits per heavy atom. The Bertz CT molecular complexity index is 1160. The lowest BCUT2D eigenvalue weighted by Crippen LogP contribution is -2.16. The van der Waals surface area contributed by atoms with Gasteiger partial charge < -0.3 is 11.1 Å². The molecule has 1 aromatic heterocycles. The van der Waals surface area contributed by atoms with Crippen molar-refractivity contribution in [2.24, 2.45) is 5.73 Å². The van der Waals surface area contributed by atoms with E-state index in [4.69, 9.17) is 5.73 Å². The van der Waals surface area contributed by atoms with Crippen molar-refractivity contribution in [3.05, 3.63) is 83.4 Å². The summed E-state index contributed by atoms with van der Waals surface area (Å²) in [6, 6.07) is 7.46. The van der Waals surface area contributed by atoms with Crippen LogP contribution in [0, 0.1) is 6.92 Å². The Balaban J connectivity index is 2.07. The summed E-state index contributed by atoms with van der Waals surface area (Å²) in [6.07, 6.45) is 2.49.